The number of benzene rings is 2. The van der Waals surface area contributed by atoms with Crippen molar-refractivity contribution in [3.8, 4) is 10.7 Å². The van der Waals surface area contributed by atoms with Gasteiger partial charge in [-0.05, 0) is 54.1 Å². The molecule has 162 valence electrons. The van der Waals surface area contributed by atoms with Crippen LogP contribution in [0.25, 0.3) is 21.7 Å². The molecule has 2 aromatic carbocycles. The molecular formula is C23H20ClN5O2S. The van der Waals surface area contributed by atoms with E-state index in [0.29, 0.717) is 23.1 Å². The number of aromatic amines is 1. The number of anilines is 2. The number of halogens is 1. The molecule has 0 spiro atoms. The van der Waals surface area contributed by atoms with Crippen molar-refractivity contribution in [1.82, 2.24) is 15.3 Å². The number of carbonyl (C=O) groups excluding carboxylic acids is 2. The minimum Gasteiger partial charge on any atom is -0.337 e. The molecule has 0 atom stereocenters. The molecule has 5 rings (SSSR count). The van der Waals surface area contributed by atoms with Crippen molar-refractivity contribution < 1.29 is 9.59 Å². The molecule has 7 nitrogen and oxygen atoms in total. The molecule has 0 saturated carbocycles. The van der Waals surface area contributed by atoms with Crippen molar-refractivity contribution in [2.24, 2.45) is 0 Å². The number of carbonyl (C=O) groups is 2. The normalized spacial score (nSPS) is 14.2. The zero-order valence-corrected chi connectivity index (χ0v) is 18.6. The predicted molar refractivity (Wildman–Crippen MR) is 128 cm³/mol. The molecule has 3 heterocycles. The number of nitrogens with one attached hydrogen (secondary N) is 3. The molecule has 3 N–H and O–H groups in total. The summed E-state index contributed by atoms with van der Waals surface area (Å²) < 4.78 is 0.713. The fourth-order valence-electron chi connectivity index (χ4n) is 3.72. The zero-order chi connectivity index (χ0) is 22.1. The van der Waals surface area contributed by atoms with E-state index in [9.17, 15) is 9.59 Å². The summed E-state index contributed by atoms with van der Waals surface area (Å²) in [5.74, 6) is 0.703. The second kappa shape index (κ2) is 8.74. The van der Waals surface area contributed by atoms with Crippen molar-refractivity contribution in [2.45, 2.75) is 6.42 Å². The topological polar surface area (TPSA) is 90.1 Å². The van der Waals surface area contributed by atoms with E-state index >= 15 is 0 Å². The maximum atomic E-state index is 12.6. The first-order chi connectivity index (χ1) is 15.5. The maximum absolute atomic E-state index is 12.6. The summed E-state index contributed by atoms with van der Waals surface area (Å²) in [7, 11) is 0. The van der Waals surface area contributed by atoms with Gasteiger partial charge in [-0.3, -0.25) is 9.59 Å². The van der Waals surface area contributed by atoms with E-state index < -0.39 is 0 Å². The summed E-state index contributed by atoms with van der Waals surface area (Å²) in [6.45, 7) is 1.76. The van der Waals surface area contributed by atoms with Crippen molar-refractivity contribution in [1.29, 1.82) is 0 Å². The molecule has 9 heteroatoms. The van der Waals surface area contributed by atoms with Crippen molar-refractivity contribution in [3.63, 3.8) is 0 Å². The van der Waals surface area contributed by atoms with Gasteiger partial charge in [0.15, 0.2) is 0 Å². The molecule has 2 amide bonds. The van der Waals surface area contributed by atoms with E-state index in [1.54, 1.807) is 4.90 Å². The Balaban J connectivity index is 1.25. The second-order valence-electron chi connectivity index (χ2n) is 7.53. The van der Waals surface area contributed by atoms with E-state index in [1.807, 2.05) is 54.6 Å². The van der Waals surface area contributed by atoms with Gasteiger partial charge in [-0.1, -0.05) is 17.7 Å². The van der Waals surface area contributed by atoms with Gasteiger partial charge < -0.3 is 20.5 Å². The summed E-state index contributed by atoms with van der Waals surface area (Å²) in [6.07, 6.45) is 0.243. The molecule has 32 heavy (non-hydrogen) atoms. The number of rotatable bonds is 5. The van der Waals surface area contributed by atoms with Crippen molar-refractivity contribution >= 4 is 57.2 Å². The number of hydrogen-bond donors (Lipinski definition) is 3. The average molecular weight is 466 g/mol. The summed E-state index contributed by atoms with van der Waals surface area (Å²) >= 11 is 7.49. The minimum absolute atomic E-state index is 0.0487. The van der Waals surface area contributed by atoms with E-state index in [1.165, 1.54) is 11.3 Å². The molecule has 0 aliphatic carbocycles. The molecule has 2 aromatic heterocycles. The van der Waals surface area contributed by atoms with Crippen LogP contribution in [0.15, 0.2) is 54.6 Å². The SMILES string of the molecule is O=C(Cc1ccc2nc(-c3ccc(Cl)s3)[nH]c2c1)Nc1ccc(N2CCNCC2=O)cc1. The molecule has 1 fully saturated rings. The first-order valence-corrected chi connectivity index (χ1v) is 11.4. The Morgan fingerprint density at radius 2 is 2.00 bits per heavy atom. The van der Waals surface area contributed by atoms with Gasteiger partial charge >= 0.3 is 0 Å². The second-order valence-corrected chi connectivity index (χ2v) is 9.25. The number of amides is 2. The number of H-pyrrole nitrogens is 1. The van der Waals surface area contributed by atoms with Crippen LogP contribution in [0.4, 0.5) is 11.4 Å². The Bertz CT molecular complexity index is 1300. The highest BCUT2D eigenvalue weighted by molar-refractivity contribution is 7.19. The van der Waals surface area contributed by atoms with Gasteiger partial charge in [-0.2, -0.15) is 0 Å². The van der Waals surface area contributed by atoms with E-state index in [-0.39, 0.29) is 18.2 Å². The van der Waals surface area contributed by atoms with Crippen LogP contribution in [-0.2, 0) is 16.0 Å². The molecule has 0 radical (unpaired) electrons. The predicted octanol–water partition coefficient (Wildman–Crippen LogP) is 4.06. The van der Waals surface area contributed by atoms with Crippen LogP contribution >= 0.6 is 22.9 Å². The molecular weight excluding hydrogens is 446 g/mol. The Morgan fingerprint density at radius 1 is 1.16 bits per heavy atom. The fraction of sp³-hybridized carbons (Fsp3) is 0.174. The Kier molecular flexibility index (Phi) is 5.65. The maximum Gasteiger partial charge on any atom is 0.240 e. The van der Waals surface area contributed by atoms with Gasteiger partial charge in [0, 0.05) is 24.5 Å². The lowest BCUT2D eigenvalue weighted by Gasteiger charge is -2.27. The lowest BCUT2D eigenvalue weighted by Crippen LogP contribution is -2.48. The highest BCUT2D eigenvalue weighted by Gasteiger charge is 2.19. The van der Waals surface area contributed by atoms with E-state index in [0.717, 1.165) is 39.5 Å². The minimum atomic E-state index is -0.111. The zero-order valence-electron chi connectivity index (χ0n) is 17.0. The van der Waals surface area contributed by atoms with Crippen molar-refractivity contribution in [3.05, 3.63) is 64.5 Å². The van der Waals surface area contributed by atoms with Crippen LogP contribution in [0, 0.1) is 0 Å². The highest BCUT2D eigenvalue weighted by Crippen LogP contribution is 2.30. The Hall–Kier alpha value is -3.20. The smallest absolute Gasteiger partial charge is 0.240 e. The number of nitrogens with zero attached hydrogens (tertiary/aromatic N) is 2. The Morgan fingerprint density at radius 3 is 2.75 bits per heavy atom. The van der Waals surface area contributed by atoms with E-state index in [2.05, 4.69) is 20.6 Å². The van der Waals surface area contributed by atoms with Gasteiger partial charge in [0.05, 0.1) is 33.2 Å². The molecule has 1 aliphatic heterocycles. The first-order valence-electron chi connectivity index (χ1n) is 10.2. The van der Waals surface area contributed by atoms with Crippen LogP contribution in [0.2, 0.25) is 4.34 Å². The van der Waals surface area contributed by atoms with Crippen molar-refractivity contribution in [2.75, 3.05) is 29.9 Å². The number of piperazine rings is 1. The highest BCUT2D eigenvalue weighted by atomic mass is 35.5. The molecule has 0 unspecified atom stereocenters. The molecule has 1 aliphatic rings. The van der Waals surface area contributed by atoms with Gasteiger partial charge in [0.2, 0.25) is 11.8 Å². The monoisotopic (exact) mass is 465 g/mol. The average Bonchev–Trinajstić information content (AvgIpc) is 3.40. The third-order valence-corrected chi connectivity index (χ3v) is 6.51. The number of fused-ring (bicyclic) bond motifs is 1. The van der Waals surface area contributed by atoms with Crippen LogP contribution in [-0.4, -0.2) is 41.4 Å². The van der Waals surface area contributed by atoms with Gasteiger partial charge in [0.25, 0.3) is 0 Å². The fourth-order valence-corrected chi connectivity index (χ4v) is 4.71. The number of imidazole rings is 1. The van der Waals surface area contributed by atoms with Gasteiger partial charge in [-0.25, -0.2) is 4.98 Å². The number of aromatic nitrogens is 2. The first kappa shape index (κ1) is 20.7. The third kappa shape index (κ3) is 4.38. The van der Waals surface area contributed by atoms with E-state index in [4.69, 9.17) is 11.6 Å². The molecule has 1 saturated heterocycles. The van der Waals surface area contributed by atoms with Crippen LogP contribution in [0.1, 0.15) is 5.56 Å². The summed E-state index contributed by atoms with van der Waals surface area (Å²) in [6, 6.07) is 16.9. The Labute approximate surface area is 193 Å². The molecule has 0 bridgehead atoms. The summed E-state index contributed by atoms with van der Waals surface area (Å²) in [5.41, 5.74) is 4.13. The third-order valence-electron chi connectivity index (χ3n) is 5.27. The van der Waals surface area contributed by atoms with Crippen LogP contribution in [0.3, 0.4) is 0 Å². The number of hydrogen-bond acceptors (Lipinski definition) is 5. The van der Waals surface area contributed by atoms with Crippen LogP contribution in [0.5, 0.6) is 0 Å². The largest absolute Gasteiger partial charge is 0.337 e. The summed E-state index contributed by atoms with van der Waals surface area (Å²) in [5, 5.41) is 5.98. The lowest BCUT2D eigenvalue weighted by molar-refractivity contribution is -0.118. The quantitative estimate of drug-likeness (QED) is 0.414. The standard InChI is InChI=1S/C23H20ClN5O2S/c24-20-8-7-19(32-20)23-27-17-6-1-14(11-18(17)28-23)12-21(30)26-15-2-4-16(5-3-15)29-10-9-25-13-22(29)31/h1-8,11,25H,9-10,12-13H2,(H,26,30)(H,27,28). The molecule has 4 aromatic rings. The summed E-state index contributed by atoms with van der Waals surface area (Å²) in [4.78, 5) is 35.2. The van der Waals surface area contributed by atoms with Gasteiger partial charge in [0.1, 0.15) is 5.82 Å². The number of thiophene rings is 1. The van der Waals surface area contributed by atoms with Gasteiger partial charge in [-0.15, -0.1) is 11.3 Å². The lowest BCUT2D eigenvalue weighted by atomic mass is 10.1. The van der Waals surface area contributed by atoms with Crippen LogP contribution < -0.4 is 15.5 Å².